The van der Waals surface area contributed by atoms with Crippen LogP contribution in [0.3, 0.4) is 0 Å². The normalized spacial score (nSPS) is 12.0. The molecule has 0 unspecified atom stereocenters. The average molecular weight is 390 g/mol. The van der Waals surface area contributed by atoms with Gasteiger partial charge in [0.2, 0.25) is 10.0 Å². The van der Waals surface area contributed by atoms with E-state index in [0.717, 1.165) is 17.7 Å². The number of rotatable bonds is 8. The zero-order valence-electron chi connectivity index (χ0n) is 15.0. The Bertz CT molecular complexity index is 936. The van der Waals surface area contributed by atoms with Gasteiger partial charge in [-0.1, -0.05) is 37.8 Å². The largest absolute Gasteiger partial charge is 0.872 e. The number of hydrogen-bond donors (Lipinski definition) is 0. The molecular formula is C18H20N3O5S-. The van der Waals surface area contributed by atoms with Gasteiger partial charge in [0.25, 0.3) is 5.69 Å². The van der Waals surface area contributed by atoms with Crippen molar-refractivity contribution in [1.29, 1.82) is 0 Å². The molecule has 0 spiro atoms. The highest BCUT2D eigenvalue weighted by molar-refractivity contribution is 7.89. The van der Waals surface area contributed by atoms with Crippen molar-refractivity contribution in [3.8, 4) is 5.75 Å². The van der Waals surface area contributed by atoms with Gasteiger partial charge in [-0.2, -0.15) is 4.31 Å². The first-order valence-corrected chi connectivity index (χ1v) is 9.78. The fourth-order valence-electron chi connectivity index (χ4n) is 2.48. The maximum Gasteiger partial charge on any atom is 0.270 e. The van der Waals surface area contributed by atoms with Crippen molar-refractivity contribution in [3.05, 3.63) is 63.7 Å². The van der Waals surface area contributed by atoms with Crippen molar-refractivity contribution in [3.63, 3.8) is 0 Å². The van der Waals surface area contributed by atoms with Crippen LogP contribution < -0.4 is 5.11 Å². The predicted molar refractivity (Wildman–Crippen MR) is 100 cm³/mol. The van der Waals surface area contributed by atoms with Crippen LogP contribution in [0, 0.1) is 10.1 Å². The second-order valence-corrected chi connectivity index (χ2v) is 7.62. The van der Waals surface area contributed by atoms with E-state index in [9.17, 15) is 23.6 Å². The van der Waals surface area contributed by atoms with E-state index in [0.29, 0.717) is 13.1 Å². The average Bonchev–Trinajstić information content (AvgIpc) is 2.64. The molecule has 0 fully saturated rings. The number of nitro benzene ring substituents is 1. The number of non-ortho nitro benzene ring substituents is 1. The lowest BCUT2D eigenvalue weighted by Crippen LogP contribution is -2.30. The molecule has 0 bridgehead atoms. The van der Waals surface area contributed by atoms with Crippen molar-refractivity contribution in [2.24, 2.45) is 4.99 Å². The summed E-state index contributed by atoms with van der Waals surface area (Å²) in [4.78, 5) is 14.5. The molecule has 0 aliphatic carbocycles. The van der Waals surface area contributed by atoms with E-state index in [1.165, 1.54) is 28.7 Å². The van der Waals surface area contributed by atoms with Crippen LogP contribution in [0.4, 0.5) is 5.69 Å². The number of sulfonamides is 1. The predicted octanol–water partition coefficient (Wildman–Crippen LogP) is 2.32. The van der Waals surface area contributed by atoms with Crippen LogP contribution in [-0.2, 0) is 16.6 Å². The number of hydrogen-bond acceptors (Lipinski definition) is 6. The van der Waals surface area contributed by atoms with Gasteiger partial charge in [-0.05, 0) is 23.3 Å². The molecule has 2 aromatic carbocycles. The van der Waals surface area contributed by atoms with E-state index in [1.54, 1.807) is 26.0 Å². The van der Waals surface area contributed by atoms with Gasteiger partial charge in [0.1, 0.15) is 0 Å². The van der Waals surface area contributed by atoms with Gasteiger partial charge >= 0.3 is 0 Å². The maximum atomic E-state index is 12.4. The summed E-state index contributed by atoms with van der Waals surface area (Å²) in [6.07, 6.45) is 1.29. The monoisotopic (exact) mass is 390 g/mol. The Morgan fingerprint density at radius 3 is 2.30 bits per heavy atom. The quantitative estimate of drug-likeness (QED) is 0.390. The number of aliphatic imine (C=N–C) groups is 1. The highest BCUT2D eigenvalue weighted by Crippen LogP contribution is 2.20. The fourth-order valence-corrected chi connectivity index (χ4v) is 3.94. The van der Waals surface area contributed by atoms with Crippen molar-refractivity contribution in [1.82, 2.24) is 4.31 Å². The van der Waals surface area contributed by atoms with Crippen LogP contribution in [0.1, 0.15) is 25.0 Å². The molecule has 2 aromatic rings. The standard InChI is InChI=1S/C18H21N3O5S/c1-3-20(4-2)27(25,26)17-8-5-14(6-9-17)12-19-13-15-11-16(21(23)24)7-10-18(15)22/h5-11,13,22H,3-4,12H2,1-2H3/p-1. The summed E-state index contributed by atoms with van der Waals surface area (Å²) in [7, 11) is -3.51. The Morgan fingerprint density at radius 2 is 1.74 bits per heavy atom. The zero-order chi connectivity index (χ0) is 20.0. The molecular weight excluding hydrogens is 370 g/mol. The summed E-state index contributed by atoms with van der Waals surface area (Å²) in [6.45, 7) is 4.57. The molecule has 0 radical (unpaired) electrons. The smallest absolute Gasteiger partial charge is 0.270 e. The summed E-state index contributed by atoms with van der Waals surface area (Å²) in [5.41, 5.74) is 0.703. The second kappa shape index (κ2) is 8.74. The lowest BCUT2D eigenvalue weighted by molar-refractivity contribution is -0.385. The third-order valence-corrected chi connectivity index (χ3v) is 6.04. The topological polar surface area (TPSA) is 116 Å². The van der Waals surface area contributed by atoms with Gasteiger partial charge in [0.05, 0.1) is 16.4 Å². The van der Waals surface area contributed by atoms with E-state index < -0.39 is 14.9 Å². The van der Waals surface area contributed by atoms with Crippen LogP contribution in [0.25, 0.3) is 0 Å². The molecule has 0 saturated heterocycles. The Kier molecular flexibility index (Phi) is 6.65. The molecule has 0 aromatic heterocycles. The van der Waals surface area contributed by atoms with Gasteiger partial charge < -0.3 is 5.11 Å². The van der Waals surface area contributed by atoms with Gasteiger partial charge in [0.15, 0.2) is 0 Å². The van der Waals surface area contributed by atoms with Gasteiger partial charge in [-0.15, -0.1) is 0 Å². The minimum Gasteiger partial charge on any atom is -0.872 e. The molecule has 27 heavy (non-hydrogen) atoms. The Hall–Kier alpha value is -2.78. The number of benzene rings is 2. The summed E-state index contributed by atoms with van der Waals surface area (Å²) in [5, 5.41) is 22.5. The van der Waals surface area contributed by atoms with Crippen molar-refractivity contribution in [2.45, 2.75) is 25.3 Å². The van der Waals surface area contributed by atoms with Crippen LogP contribution in [0.15, 0.2) is 52.4 Å². The highest BCUT2D eigenvalue weighted by Gasteiger charge is 2.20. The van der Waals surface area contributed by atoms with E-state index in [-0.39, 0.29) is 28.4 Å². The molecule has 0 amide bonds. The first-order valence-electron chi connectivity index (χ1n) is 8.34. The van der Waals surface area contributed by atoms with Crippen molar-refractivity contribution >= 4 is 21.9 Å². The summed E-state index contributed by atoms with van der Waals surface area (Å²) in [6, 6.07) is 9.79. The van der Waals surface area contributed by atoms with E-state index >= 15 is 0 Å². The minimum absolute atomic E-state index is 0.130. The number of nitro groups is 1. The summed E-state index contributed by atoms with van der Waals surface area (Å²) < 4.78 is 26.2. The molecule has 0 N–H and O–H groups in total. The zero-order valence-corrected chi connectivity index (χ0v) is 15.8. The maximum absolute atomic E-state index is 12.4. The number of nitrogens with zero attached hydrogens (tertiary/aromatic N) is 3. The molecule has 2 rings (SSSR count). The highest BCUT2D eigenvalue weighted by atomic mass is 32.2. The van der Waals surface area contributed by atoms with Gasteiger partial charge in [-0.3, -0.25) is 15.1 Å². The van der Waals surface area contributed by atoms with Crippen LogP contribution in [0.5, 0.6) is 5.75 Å². The van der Waals surface area contributed by atoms with Crippen LogP contribution >= 0.6 is 0 Å². The fraction of sp³-hybridized carbons (Fsp3) is 0.278. The lowest BCUT2D eigenvalue weighted by Gasteiger charge is -2.18. The van der Waals surface area contributed by atoms with E-state index in [2.05, 4.69) is 4.99 Å². The molecule has 0 heterocycles. The summed E-state index contributed by atoms with van der Waals surface area (Å²) in [5.74, 6) is -0.356. The third-order valence-electron chi connectivity index (χ3n) is 3.97. The van der Waals surface area contributed by atoms with Crippen LogP contribution in [0.2, 0.25) is 0 Å². The Labute approximate surface area is 158 Å². The molecule has 0 aliphatic heterocycles. The Morgan fingerprint density at radius 1 is 1.11 bits per heavy atom. The van der Waals surface area contributed by atoms with Crippen LogP contribution in [-0.4, -0.2) is 37.0 Å². The molecule has 8 nitrogen and oxygen atoms in total. The van der Waals surface area contributed by atoms with Gasteiger partial charge in [0, 0.05) is 31.4 Å². The molecule has 9 heteroatoms. The second-order valence-electron chi connectivity index (χ2n) is 5.68. The third kappa shape index (κ3) is 4.89. The van der Waals surface area contributed by atoms with E-state index in [1.807, 2.05) is 0 Å². The van der Waals surface area contributed by atoms with Gasteiger partial charge in [-0.25, -0.2) is 8.42 Å². The van der Waals surface area contributed by atoms with Crippen molar-refractivity contribution in [2.75, 3.05) is 13.1 Å². The Balaban J connectivity index is 2.13. The van der Waals surface area contributed by atoms with Crippen molar-refractivity contribution < 1.29 is 18.4 Å². The molecule has 144 valence electrons. The minimum atomic E-state index is -3.51. The first kappa shape index (κ1) is 20.5. The van der Waals surface area contributed by atoms with E-state index in [4.69, 9.17) is 0 Å². The first-order chi connectivity index (χ1) is 12.8. The lowest BCUT2D eigenvalue weighted by atomic mass is 10.2. The molecule has 0 atom stereocenters. The summed E-state index contributed by atoms with van der Waals surface area (Å²) >= 11 is 0. The molecule has 0 aliphatic rings. The molecule has 0 saturated carbocycles. The SMILES string of the molecule is CCN(CC)S(=O)(=O)c1ccc(CN=Cc2cc([N+](=O)[O-])ccc2[O-])cc1.